The smallest absolute Gasteiger partial charge is 0.279 e. The van der Waals surface area contributed by atoms with Gasteiger partial charge in [-0.3, -0.25) is 4.79 Å². The van der Waals surface area contributed by atoms with Crippen LogP contribution < -0.4 is 14.9 Å². The van der Waals surface area contributed by atoms with Crippen LogP contribution in [0.2, 0.25) is 0 Å². The largest absolute Gasteiger partial charge is 0.323 e. The highest BCUT2D eigenvalue weighted by Gasteiger charge is 2.17. The second-order valence-corrected chi connectivity index (χ2v) is 8.66. The fourth-order valence-corrected chi connectivity index (χ4v) is 4.25. The minimum atomic E-state index is -3.55. The van der Waals surface area contributed by atoms with Gasteiger partial charge in [-0.25, -0.2) is 13.1 Å². The van der Waals surface area contributed by atoms with Crippen LogP contribution in [0, 0.1) is 6.92 Å². The van der Waals surface area contributed by atoms with Crippen molar-refractivity contribution in [3.63, 3.8) is 0 Å². The molecule has 1 unspecified atom stereocenters. The van der Waals surface area contributed by atoms with E-state index in [9.17, 15) is 13.2 Å². The van der Waals surface area contributed by atoms with E-state index in [0.29, 0.717) is 17.8 Å². The molecule has 6 nitrogen and oxygen atoms in total. The predicted molar refractivity (Wildman–Crippen MR) is 100 cm³/mol. The van der Waals surface area contributed by atoms with E-state index in [0.717, 1.165) is 18.0 Å². The van der Waals surface area contributed by atoms with E-state index in [1.165, 1.54) is 18.0 Å². The SMILES string of the molecule is CC[NH+](CC(=O)Nc1ccc(C)c(S(=O)(=O)NC)c1)Cc1cccs1. The van der Waals surface area contributed by atoms with E-state index in [1.807, 2.05) is 18.4 Å². The molecule has 0 aliphatic carbocycles. The predicted octanol–water partition coefficient (Wildman–Crippen LogP) is 1.01. The summed E-state index contributed by atoms with van der Waals surface area (Å²) in [5.74, 6) is -0.134. The molecule has 1 aromatic heterocycles. The first-order valence-corrected chi connectivity index (χ1v) is 10.4. The number of benzene rings is 1. The van der Waals surface area contributed by atoms with E-state index in [4.69, 9.17) is 0 Å². The van der Waals surface area contributed by atoms with Crippen molar-refractivity contribution in [1.29, 1.82) is 0 Å². The Morgan fingerprint density at radius 2 is 2.04 bits per heavy atom. The van der Waals surface area contributed by atoms with Crippen LogP contribution in [0.15, 0.2) is 40.6 Å². The number of nitrogens with one attached hydrogen (secondary N) is 3. The van der Waals surface area contributed by atoms with Crippen LogP contribution in [0.3, 0.4) is 0 Å². The summed E-state index contributed by atoms with van der Waals surface area (Å²) in [6, 6.07) is 8.96. The molecule has 2 rings (SSSR count). The van der Waals surface area contributed by atoms with Gasteiger partial charge in [-0.05, 0) is 50.0 Å². The molecule has 8 heteroatoms. The molecule has 0 fully saturated rings. The lowest BCUT2D eigenvalue weighted by Gasteiger charge is -2.17. The molecule has 1 heterocycles. The highest BCUT2D eigenvalue weighted by molar-refractivity contribution is 7.89. The van der Waals surface area contributed by atoms with Crippen molar-refractivity contribution in [1.82, 2.24) is 4.72 Å². The summed E-state index contributed by atoms with van der Waals surface area (Å²) in [6.07, 6.45) is 0. The van der Waals surface area contributed by atoms with Crippen molar-refractivity contribution in [2.45, 2.75) is 25.3 Å². The van der Waals surface area contributed by atoms with E-state index >= 15 is 0 Å². The monoisotopic (exact) mass is 382 g/mol. The Balaban J connectivity index is 2.06. The number of quaternary nitrogens is 1. The van der Waals surface area contributed by atoms with E-state index < -0.39 is 10.0 Å². The number of rotatable bonds is 8. The third-order valence-corrected chi connectivity index (χ3v) is 6.38. The van der Waals surface area contributed by atoms with Crippen LogP contribution >= 0.6 is 11.3 Å². The van der Waals surface area contributed by atoms with Crippen molar-refractivity contribution in [3.8, 4) is 0 Å². The number of likely N-dealkylation sites (N-methyl/N-ethyl adjacent to an activating group) is 1. The van der Waals surface area contributed by atoms with Gasteiger partial charge in [0.2, 0.25) is 10.0 Å². The van der Waals surface area contributed by atoms with Crippen LogP contribution in [0.25, 0.3) is 0 Å². The lowest BCUT2D eigenvalue weighted by atomic mass is 10.2. The van der Waals surface area contributed by atoms with Gasteiger partial charge in [0.15, 0.2) is 6.54 Å². The fourth-order valence-electron chi connectivity index (χ4n) is 2.48. The normalized spacial score (nSPS) is 12.8. The maximum atomic E-state index is 12.3. The minimum Gasteiger partial charge on any atom is -0.323 e. The molecule has 3 N–H and O–H groups in total. The molecule has 25 heavy (non-hydrogen) atoms. The van der Waals surface area contributed by atoms with Gasteiger partial charge in [0.05, 0.1) is 16.3 Å². The van der Waals surface area contributed by atoms with Gasteiger partial charge < -0.3 is 10.2 Å². The van der Waals surface area contributed by atoms with Gasteiger partial charge in [0, 0.05) is 5.69 Å². The van der Waals surface area contributed by atoms with E-state index in [-0.39, 0.29) is 10.8 Å². The summed E-state index contributed by atoms with van der Waals surface area (Å²) in [7, 11) is -2.19. The van der Waals surface area contributed by atoms with Crippen LogP contribution in [0.1, 0.15) is 17.4 Å². The zero-order chi connectivity index (χ0) is 18.4. The minimum absolute atomic E-state index is 0.134. The maximum Gasteiger partial charge on any atom is 0.279 e. The zero-order valence-electron chi connectivity index (χ0n) is 14.6. The lowest BCUT2D eigenvalue weighted by molar-refractivity contribution is -0.903. The number of thiophene rings is 1. The molecule has 1 atom stereocenters. The van der Waals surface area contributed by atoms with Crippen LogP contribution in [0.4, 0.5) is 5.69 Å². The number of aryl methyl sites for hydroxylation is 1. The number of carbonyl (C=O) groups excluding carboxylic acids is 1. The zero-order valence-corrected chi connectivity index (χ0v) is 16.3. The van der Waals surface area contributed by atoms with Gasteiger partial charge in [0.25, 0.3) is 5.91 Å². The van der Waals surface area contributed by atoms with Crippen molar-refractivity contribution in [2.24, 2.45) is 0 Å². The summed E-state index contributed by atoms with van der Waals surface area (Å²) < 4.78 is 26.4. The molecule has 0 spiro atoms. The first-order chi connectivity index (χ1) is 11.9. The summed E-state index contributed by atoms with van der Waals surface area (Å²) >= 11 is 1.68. The first kappa shape index (κ1) is 19.6. The Labute approximate surface area is 152 Å². The molecule has 136 valence electrons. The Morgan fingerprint density at radius 3 is 2.64 bits per heavy atom. The number of sulfonamides is 1. The molecule has 1 aromatic carbocycles. The Kier molecular flexibility index (Phi) is 6.71. The molecule has 0 radical (unpaired) electrons. The van der Waals surface area contributed by atoms with Crippen molar-refractivity contribution >= 4 is 33.0 Å². The van der Waals surface area contributed by atoms with Crippen LogP contribution in [0.5, 0.6) is 0 Å². The molecule has 0 saturated heterocycles. The number of amides is 1. The molecule has 0 bridgehead atoms. The topological polar surface area (TPSA) is 79.7 Å². The standard InChI is InChI=1S/C17H23N3O3S2/c1-4-20(11-15-6-5-9-24-15)12-17(21)19-14-8-7-13(2)16(10-14)25(22,23)18-3/h5-10,18H,4,11-12H2,1-3H3,(H,19,21)/p+1. The van der Waals surface area contributed by atoms with Crippen LogP contribution in [-0.2, 0) is 21.4 Å². The summed E-state index contributed by atoms with van der Waals surface area (Å²) in [5.41, 5.74) is 1.11. The average molecular weight is 383 g/mol. The van der Waals surface area contributed by atoms with Gasteiger partial charge in [-0.2, -0.15) is 0 Å². The molecule has 0 saturated carbocycles. The third kappa shape index (κ3) is 5.37. The lowest BCUT2D eigenvalue weighted by Crippen LogP contribution is -3.11. The molecular weight excluding hydrogens is 358 g/mol. The van der Waals surface area contributed by atoms with Crippen molar-refractivity contribution in [3.05, 3.63) is 46.2 Å². The number of hydrogen-bond acceptors (Lipinski definition) is 4. The summed E-state index contributed by atoms with van der Waals surface area (Å²) in [4.78, 5) is 14.9. The Bertz CT molecular complexity index is 818. The van der Waals surface area contributed by atoms with Gasteiger partial charge in [-0.15, -0.1) is 11.3 Å². The van der Waals surface area contributed by atoms with E-state index in [2.05, 4.69) is 16.1 Å². The molecule has 0 aliphatic rings. The van der Waals surface area contributed by atoms with E-state index in [1.54, 1.807) is 30.4 Å². The third-order valence-electron chi connectivity index (χ3n) is 3.95. The Hall–Kier alpha value is -1.74. The molecule has 1 amide bonds. The fraction of sp³-hybridized carbons (Fsp3) is 0.353. The average Bonchev–Trinajstić information content (AvgIpc) is 3.08. The molecule has 0 aliphatic heterocycles. The van der Waals surface area contributed by atoms with Crippen LogP contribution in [-0.4, -0.2) is 34.5 Å². The number of hydrogen-bond donors (Lipinski definition) is 3. The number of anilines is 1. The first-order valence-electron chi connectivity index (χ1n) is 8.05. The second-order valence-electron chi connectivity index (χ2n) is 5.77. The van der Waals surface area contributed by atoms with Gasteiger partial charge in [0.1, 0.15) is 6.54 Å². The summed E-state index contributed by atoms with van der Waals surface area (Å²) in [6.45, 7) is 5.73. The van der Waals surface area contributed by atoms with Gasteiger partial charge >= 0.3 is 0 Å². The van der Waals surface area contributed by atoms with Crippen molar-refractivity contribution in [2.75, 3.05) is 25.5 Å². The molecule has 2 aromatic rings. The quantitative estimate of drug-likeness (QED) is 0.637. The number of carbonyl (C=O) groups is 1. The summed E-state index contributed by atoms with van der Waals surface area (Å²) in [5, 5.41) is 4.83. The maximum absolute atomic E-state index is 12.3. The highest BCUT2D eigenvalue weighted by atomic mass is 32.2. The van der Waals surface area contributed by atoms with Crippen molar-refractivity contribution < 1.29 is 18.1 Å². The Morgan fingerprint density at radius 1 is 1.28 bits per heavy atom. The highest BCUT2D eigenvalue weighted by Crippen LogP contribution is 2.19. The second kappa shape index (κ2) is 8.57. The molecular formula is C17H24N3O3S2+. The van der Waals surface area contributed by atoms with Gasteiger partial charge in [-0.1, -0.05) is 12.1 Å².